The van der Waals surface area contributed by atoms with Crippen molar-refractivity contribution in [3.63, 3.8) is 0 Å². The Balaban J connectivity index is 1.78. The van der Waals surface area contributed by atoms with Gasteiger partial charge >= 0.3 is 0 Å². The SMILES string of the molecule is CN[C@H]1CCN(CC(c2cccc(Cl)c2)C2CCCCC2O)C1. The molecule has 0 aromatic heterocycles. The van der Waals surface area contributed by atoms with E-state index in [1.54, 1.807) is 0 Å². The number of benzene rings is 1. The summed E-state index contributed by atoms with van der Waals surface area (Å²) >= 11 is 6.24. The summed E-state index contributed by atoms with van der Waals surface area (Å²) in [6.45, 7) is 3.28. The Bertz CT molecular complexity index is 510. The third-order valence-electron chi connectivity index (χ3n) is 5.71. The van der Waals surface area contributed by atoms with Crippen molar-refractivity contribution in [2.75, 3.05) is 26.7 Å². The summed E-state index contributed by atoms with van der Waals surface area (Å²) < 4.78 is 0. The average Bonchev–Trinajstić information content (AvgIpc) is 3.01. The molecule has 1 saturated carbocycles. The number of likely N-dealkylation sites (N-methyl/N-ethyl adjacent to an activating group) is 1. The molecular weight excluding hydrogens is 308 g/mol. The summed E-state index contributed by atoms with van der Waals surface area (Å²) in [5.74, 6) is 0.732. The number of hydrogen-bond acceptors (Lipinski definition) is 3. The Morgan fingerprint density at radius 1 is 1.30 bits per heavy atom. The molecule has 4 atom stereocenters. The van der Waals surface area contributed by atoms with Gasteiger partial charge in [0.15, 0.2) is 0 Å². The molecule has 1 saturated heterocycles. The van der Waals surface area contributed by atoms with Crippen molar-refractivity contribution in [1.82, 2.24) is 10.2 Å². The highest BCUT2D eigenvalue weighted by molar-refractivity contribution is 6.30. The first-order valence-corrected chi connectivity index (χ1v) is 9.38. The van der Waals surface area contributed by atoms with Crippen LogP contribution in [0.25, 0.3) is 0 Å². The van der Waals surface area contributed by atoms with Gasteiger partial charge in [-0.3, -0.25) is 0 Å². The molecule has 1 aromatic carbocycles. The molecule has 3 rings (SSSR count). The molecule has 23 heavy (non-hydrogen) atoms. The van der Waals surface area contributed by atoms with Crippen molar-refractivity contribution in [1.29, 1.82) is 0 Å². The molecular formula is C19H29ClN2O. The molecule has 2 aliphatic rings. The van der Waals surface area contributed by atoms with Gasteiger partial charge in [-0.05, 0) is 56.5 Å². The number of rotatable bonds is 5. The van der Waals surface area contributed by atoms with Crippen molar-refractivity contribution in [2.24, 2.45) is 5.92 Å². The predicted octanol–water partition coefficient (Wildman–Crippen LogP) is 3.27. The van der Waals surface area contributed by atoms with Crippen molar-refractivity contribution >= 4 is 11.6 Å². The zero-order valence-corrected chi connectivity index (χ0v) is 14.8. The number of nitrogens with one attached hydrogen (secondary N) is 1. The second-order valence-corrected chi connectivity index (χ2v) is 7.65. The van der Waals surface area contributed by atoms with Crippen molar-refractivity contribution in [3.05, 3.63) is 34.9 Å². The average molecular weight is 337 g/mol. The largest absolute Gasteiger partial charge is 0.393 e. The van der Waals surface area contributed by atoms with E-state index >= 15 is 0 Å². The van der Waals surface area contributed by atoms with E-state index in [1.165, 1.54) is 18.4 Å². The molecule has 0 amide bonds. The van der Waals surface area contributed by atoms with Crippen LogP contribution in [0, 0.1) is 5.92 Å². The van der Waals surface area contributed by atoms with Crippen molar-refractivity contribution < 1.29 is 5.11 Å². The van der Waals surface area contributed by atoms with Crippen LogP contribution in [0.4, 0.5) is 0 Å². The van der Waals surface area contributed by atoms with Gasteiger partial charge in [-0.15, -0.1) is 0 Å². The Hall–Kier alpha value is -0.610. The Morgan fingerprint density at radius 3 is 2.83 bits per heavy atom. The highest BCUT2D eigenvalue weighted by Crippen LogP contribution is 2.38. The third-order valence-corrected chi connectivity index (χ3v) is 5.95. The van der Waals surface area contributed by atoms with Crippen LogP contribution in [0.1, 0.15) is 43.6 Å². The lowest BCUT2D eigenvalue weighted by atomic mass is 9.75. The van der Waals surface area contributed by atoms with Crippen LogP contribution in [0.5, 0.6) is 0 Å². The molecule has 1 aliphatic heterocycles. The molecule has 0 bridgehead atoms. The number of aliphatic hydroxyl groups is 1. The Kier molecular flexibility index (Phi) is 5.97. The molecule has 1 heterocycles. The summed E-state index contributed by atoms with van der Waals surface area (Å²) in [6.07, 6.45) is 5.51. The molecule has 0 radical (unpaired) electrons. The number of nitrogens with zero attached hydrogens (tertiary/aromatic N) is 1. The molecule has 4 heteroatoms. The minimum Gasteiger partial charge on any atom is -0.393 e. The predicted molar refractivity (Wildman–Crippen MR) is 96.1 cm³/mol. The van der Waals surface area contributed by atoms with Gasteiger partial charge in [0.2, 0.25) is 0 Å². The van der Waals surface area contributed by atoms with Gasteiger partial charge in [0.1, 0.15) is 0 Å². The maximum Gasteiger partial charge on any atom is 0.0574 e. The lowest BCUT2D eigenvalue weighted by Gasteiger charge is -2.37. The van der Waals surface area contributed by atoms with Crippen LogP contribution in [0.3, 0.4) is 0 Å². The first-order chi connectivity index (χ1) is 11.2. The zero-order valence-electron chi connectivity index (χ0n) is 14.0. The number of halogens is 1. The highest BCUT2D eigenvalue weighted by atomic mass is 35.5. The van der Waals surface area contributed by atoms with Gasteiger partial charge < -0.3 is 15.3 Å². The lowest BCUT2D eigenvalue weighted by molar-refractivity contribution is 0.0475. The second kappa shape index (κ2) is 7.98. The minimum atomic E-state index is -0.171. The van der Waals surface area contributed by atoms with Crippen LogP contribution < -0.4 is 5.32 Å². The van der Waals surface area contributed by atoms with Crippen LogP contribution >= 0.6 is 11.6 Å². The zero-order chi connectivity index (χ0) is 16.2. The molecule has 1 aliphatic carbocycles. The van der Waals surface area contributed by atoms with Crippen LogP contribution in [0.15, 0.2) is 24.3 Å². The van der Waals surface area contributed by atoms with E-state index in [4.69, 9.17) is 11.6 Å². The Labute approximate surface area is 145 Å². The smallest absolute Gasteiger partial charge is 0.0574 e. The van der Waals surface area contributed by atoms with E-state index in [-0.39, 0.29) is 6.10 Å². The number of likely N-dealkylation sites (tertiary alicyclic amines) is 1. The number of hydrogen-bond donors (Lipinski definition) is 2. The van der Waals surface area contributed by atoms with Gasteiger partial charge in [0.25, 0.3) is 0 Å². The summed E-state index contributed by atoms with van der Waals surface area (Å²) in [6, 6.07) is 8.86. The third kappa shape index (κ3) is 4.27. The van der Waals surface area contributed by atoms with Crippen LogP contribution in [0.2, 0.25) is 5.02 Å². The first-order valence-electron chi connectivity index (χ1n) is 9.00. The lowest BCUT2D eigenvalue weighted by Crippen LogP contribution is -2.38. The van der Waals surface area contributed by atoms with Crippen molar-refractivity contribution in [3.8, 4) is 0 Å². The van der Waals surface area contributed by atoms with E-state index in [0.29, 0.717) is 17.9 Å². The minimum absolute atomic E-state index is 0.171. The molecule has 0 spiro atoms. The Morgan fingerprint density at radius 2 is 2.13 bits per heavy atom. The molecule has 3 nitrogen and oxygen atoms in total. The highest BCUT2D eigenvalue weighted by Gasteiger charge is 2.34. The normalized spacial score (nSPS) is 30.5. The molecule has 2 fully saturated rings. The fraction of sp³-hybridized carbons (Fsp3) is 0.684. The standard InChI is InChI=1S/C19H29ClN2O/c1-21-16-9-10-22(12-16)13-18(14-5-4-6-15(20)11-14)17-7-2-3-8-19(17)23/h4-6,11,16-19,21,23H,2-3,7-10,12-13H2,1H3/t16-,17?,18?,19?/m0/s1. The van der Waals surface area contributed by atoms with E-state index in [2.05, 4.69) is 22.3 Å². The van der Waals surface area contributed by atoms with E-state index in [1.807, 2.05) is 19.2 Å². The second-order valence-electron chi connectivity index (χ2n) is 7.21. The van der Waals surface area contributed by atoms with Crippen LogP contribution in [-0.4, -0.2) is 48.8 Å². The van der Waals surface area contributed by atoms with E-state index in [0.717, 1.165) is 43.9 Å². The summed E-state index contributed by atoms with van der Waals surface area (Å²) in [5.41, 5.74) is 1.29. The van der Waals surface area contributed by atoms with Gasteiger partial charge in [-0.25, -0.2) is 0 Å². The topological polar surface area (TPSA) is 35.5 Å². The van der Waals surface area contributed by atoms with Gasteiger partial charge in [-0.1, -0.05) is 36.6 Å². The fourth-order valence-corrected chi connectivity index (χ4v) is 4.55. The summed E-state index contributed by atoms with van der Waals surface area (Å²) in [5, 5.41) is 14.8. The molecule has 1 aromatic rings. The maximum absolute atomic E-state index is 10.6. The van der Waals surface area contributed by atoms with E-state index in [9.17, 15) is 5.11 Å². The quantitative estimate of drug-likeness (QED) is 0.866. The van der Waals surface area contributed by atoms with E-state index < -0.39 is 0 Å². The summed E-state index contributed by atoms with van der Waals surface area (Å²) in [7, 11) is 2.05. The van der Waals surface area contributed by atoms with Gasteiger partial charge in [0.05, 0.1) is 6.10 Å². The monoisotopic (exact) mass is 336 g/mol. The molecule has 128 valence electrons. The van der Waals surface area contributed by atoms with Crippen LogP contribution in [-0.2, 0) is 0 Å². The molecule has 3 unspecified atom stereocenters. The fourth-order valence-electron chi connectivity index (χ4n) is 4.35. The molecule has 2 N–H and O–H groups in total. The van der Waals surface area contributed by atoms with Gasteiger partial charge in [0, 0.05) is 30.1 Å². The van der Waals surface area contributed by atoms with Crippen molar-refractivity contribution in [2.45, 2.75) is 50.2 Å². The number of aliphatic hydroxyl groups excluding tert-OH is 1. The first kappa shape index (κ1) is 17.2. The van der Waals surface area contributed by atoms with Gasteiger partial charge in [-0.2, -0.15) is 0 Å². The maximum atomic E-state index is 10.6. The summed E-state index contributed by atoms with van der Waals surface area (Å²) in [4.78, 5) is 2.55.